The smallest absolute Gasteiger partial charge is 0.413 e. The zero-order valence-electron chi connectivity index (χ0n) is 14.2. The molecule has 9 nitrogen and oxygen atoms in total. The molecule has 0 atom stereocenters. The van der Waals surface area contributed by atoms with E-state index < -0.39 is 22.8 Å². The number of alkyl carbamates (subject to hydrolysis) is 1. The molecule has 1 aromatic heterocycles. The van der Waals surface area contributed by atoms with Gasteiger partial charge < -0.3 is 10.1 Å². The summed E-state index contributed by atoms with van der Waals surface area (Å²) in [6, 6.07) is 5.29. The molecule has 3 rings (SSSR count). The minimum absolute atomic E-state index is 0.0945. The Labute approximate surface area is 157 Å². The maximum absolute atomic E-state index is 12.5. The first kappa shape index (κ1) is 18.5. The van der Waals surface area contributed by atoms with Crippen molar-refractivity contribution in [1.82, 2.24) is 5.32 Å². The highest BCUT2D eigenvalue weighted by atomic mass is 32.1. The number of methoxy groups -OCH3 is 1. The molecule has 1 aromatic carbocycles. The van der Waals surface area contributed by atoms with Crippen LogP contribution in [0.5, 0.6) is 0 Å². The van der Waals surface area contributed by atoms with Gasteiger partial charge in [0, 0.05) is 22.6 Å². The molecule has 2 N–H and O–H groups in total. The van der Waals surface area contributed by atoms with Crippen molar-refractivity contribution in [3.8, 4) is 0 Å². The van der Waals surface area contributed by atoms with E-state index in [9.17, 15) is 24.5 Å². The summed E-state index contributed by atoms with van der Waals surface area (Å²) in [6.45, 7) is 0. The van der Waals surface area contributed by atoms with Crippen molar-refractivity contribution in [2.45, 2.75) is 19.3 Å². The molecule has 0 bridgehead atoms. The molecule has 0 fully saturated rings. The van der Waals surface area contributed by atoms with Crippen molar-refractivity contribution < 1.29 is 24.0 Å². The quantitative estimate of drug-likeness (QED) is 0.611. The molecule has 140 valence electrons. The molecule has 0 spiro atoms. The number of nitro benzene ring substituents is 1. The Morgan fingerprint density at radius 3 is 2.70 bits per heavy atom. The van der Waals surface area contributed by atoms with E-state index in [1.54, 1.807) is 0 Å². The van der Waals surface area contributed by atoms with E-state index in [0.29, 0.717) is 11.4 Å². The molecule has 1 aliphatic rings. The number of rotatable bonds is 4. The number of anilines is 1. The number of thiophene rings is 1. The van der Waals surface area contributed by atoms with Crippen LogP contribution in [0.3, 0.4) is 0 Å². The number of carbonyl (C=O) groups excluding carboxylic acids is 3. The van der Waals surface area contributed by atoms with Crippen molar-refractivity contribution in [2.24, 2.45) is 0 Å². The standard InChI is InChI=1S/C17H15N3O6S/c1-26-17(23)19-15(22)13-11-6-3-7-12(11)27-16(13)18-14(21)9-4-2-5-10(8-9)20(24)25/h2,4-5,8H,3,6-7H2,1H3,(H,18,21)(H,19,22,23). The van der Waals surface area contributed by atoms with Gasteiger partial charge in [0.05, 0.1) is 17.6 Å². The number of fused-ring (bicyclic) bond motifs is 1. The molecule has 2 aromatic rings. The van der Waals surface area contributed by atoms with Crippen LogP contribution in [-0.4, -0.2) is 29.9 Å². The Morgan fingerprint density at radius 1 is 1.22 bits per heavy atom. The summed E-state index contributed by atoms with van der Waals surface area (Å²) in [4.78, 5) is 47.6. The SMILES string of the molecule is COC(=O)NC(=O)c1c(NC(=O)c2cccc([N+](=O)[O-])c2)sc2c1CCC2. The number of nitrogens with one attached hydrogen (secondary N) is 2. The molecule has 0 saturated carbocycles. The van der Waals surface area contributed by atoms with Crippen LogP contribution in [0, 0.1) is 10.1 Å². The Bertz CT molecular complexity index is 952. The molecular formula is C17H15N3O6S. The van der Waals surface area contributed by atoms with Crippen molar-refractivity contribution in [3.63, 3.8) is 0 Å². The highest BCUT2D eigenvalue weighted by molar-refractivity contribution is 7.17. The van der Waals surface area contributed by atoms with Gasteiger partial charge in [-0.2, -0.15) is 0 Å². The lowest BCUT2D eigenvalue weighted by atomic mass is 10.1. The molecule has 0 unspecified atom stereocenters. The van der Waals surface area contributed by atoms with Crippen molar-refractivity contribution in [2.75, 3.05) is 12.4 Å². The van der Waals surface area contributed by atoms with Gasteiger partial charge in [0.15, 0.2) is 0 Å². The molecular weight excluding hydrogens is 374 g/mol. The second-order valence-electron chi connectivity index (χ2n) is 5.77. The van der Waals surface area contributed by atoms with E-state index in [4.69, 9.17) is 0 Å². The van der Waals surface area contributed by atoms with Gasteiger partial charge in [0.25, 0.3) is 17.5 Å². The second-order valence-corrected chi connectivity index (χ2v) is 6.87. The summed E-state index contributed by atoms with van der Waals surface area (Å²) < 4.78 is 4.45. The Balaban J connectivity index is 1.90. The second kappa shape index (κ2) is 7.54. The summed E-state index contributed by atoms with van der Waals surface area (Å²) in [6.07, 6.45) is 1.45. The lowest BCUT2D eigenvalue weighted by Crippen LogP contribution is -2.31. The van der Waals surface area contributed by atoms with Gasteiger partial charge >= 0.3 is 6.09 Å². The Kier molecular flexibility index (Phi) is 5.17. The Morgan fingerprint density at radius 2 is 2.00 bits per heavy atom. The lowest BCUT2D eigenvalue weighted by Gasteiger charge is -2.08. The van der Waals surface area contributed by atoms with Crippen LogP contribution >= 0.6 is 11.3 Å². The van der Waals surface area contributed by atoms with E-state index in [1.165, 1.54) is 29.5 Å². The van der Waals surface area contributed by atoms with Crippen LogP contribution in [0.25, 0.3) is 0 Å². The summed E-state index contributed by atoms with van der Waals surface area (Å²) in [5, 5.41) is 15.9. The van der Waals surface area contributed by atoms with Crippen molar-refractivity contribution >= 4 is 39.9 Å². The van der Waals surface area contributed by atoms with Gasteiger partial charge in [-0.15, -0.1) is 11.3 Å². The number of nitro groups is 1. The van der Waals surface area contributed by atoms with Crippen LogP contribution in [-0.2, 0) is 17.6 Å². The normalized spacial score (nSPS) is 12.2. The van der Waals surface area contributed by atoms with Crippen LogP contribution in [0.2, 0.25) is 0 Å². The van der Waals surface area contributed by atoms with E-state index in [2.05, 4.69) is 15.4 Å². The van der Waals surface area contributed by atoms with Gasteiger partial charge in [-0.05, 0) is 30.9 Å². The third-order valence-electron chi connectivity index (χ3n) is 4.10. The molecule has 1 heterocycles. The zero-order chi connectivity index (χ0) is 19.6. The van der Waals surface area contributed by atoms with Crippen molar-refractivity contribution in [1.29, 1.82) is 0 Å². The fourth-order valence-electron chi connectivity index (χ4n) is 2.87. The number of non-ortho nitro benzene ring substituents is 1. The lowest BCUT2D eigenvalue weighted by molar-refractivity contribution is -0.384. The first-order chi connectivity index (χ1) is 12.9. The van der Waals surface area contributed by atoms with E-state index >= 15 is 0 Å². The number of amides is 3. The minimum Gasteiger partial charge on any atom is -0.453 e. The molecule has 1 aliphatic carbocycles. The maximum atomic E-state index is 12.5. The van der Waals surface area contributed by atoms with Gasteiger partial charge in [-0.3, -0.25) is 25.0 Å². The number of imide groups is 1. The number of hydrogen-bond donors (Lipinski definition) is 2. The van der Waals surface area contributed by atoms with Crippen LogP contribution in [0.15, 0.2) is 24.3 Å². The number of ether oxygens (including phenoxy) is 1. The summed E-state index contributed by atoms with van der Waals surface area (Å²) in [5.41, 5.74) is 0.921. The molecule has 27 heavy (non-hydrogen) atoms. The predicted molar refractivity (Wildman–Crippen MR) is 97.3 cm³/mol. The third kappa shape index (κ3) is 3.80. The van der Waals surface area contributed by atoms with Crippen LogP contribution < -0.4 is 10.6 Å². The first-order valence-corrected chi connectivity index (χ1v) is 8.82. The number of aryl methyl sites for hydroxylation is 1. The fraction of sp³-hybridized carbons (Fsp3) is 0.235. The highest BCUT2D eigenvalue weighted by Crippen LogP contribution is 2.39. The van der Waals surface area contributed by atoms with Gasteiger partial charge in [0.2, 0.25) is 0 Å². The highest BCUT2D eigenvalue weighted by Gasteiger charge is 2.28. The summed E-state index contributed by atoms with van der Waals surface area (Å²) in [5.74, 6) is -1.23. The maximum Gasteiger partial charge on any atom is 0.413 e. The van der Waals surface area contributed by atoms with E-state index in [1.807, 2.05) is 0 Å². The largest absolute Gasteiger partial charge is 0.453 e. The van der Waals surface area contributed by atoms with Gasteiger partial charge in [-0.25, -0.2) is 4.79 Å². The van der Waals surface area contributed by atoms with Gasteiger partial charge in [0.1, 0.15) is 5.00 Å². The monoisotopic (exact) mass is 389 g/mol. The van der Waals surface area contributed by atoms with Crippen LogP contribution in [0.1, 0.15) is 37.6 Å². The number of nitrogens with zero attached hydrogens (tertiary/aromatic N) is 1. The zero-order valence-corrected chi connectivity index (χ0v) is 15.1. The minimum atomic E-state index is -0.895. The van der Waals surface area contributed by atoms with Gasteiger partial charge in [-0.1, -0.05) is 6.07 Å². The van der Waals surface area contributed by atoms with Crippen molar-refractivity contribution in [3.05, 3.63) is 55.9 Å². The molecule has 3 amide bonds. The average Bonchev–Trinajstić information content (AvgIpc) is 3.22. The third-order valence-corrected chi connectivity index (χ3v) is 5.30. The predicted octanol–water partition coefficient (Wildman–Crippen LogP) is 2.89. The summed E-state index contributed by atoms with van der Waals surface area (Å²) >= 11 is 1.27. The molecule has 10 heteroatoms. The molecule has 0 radical (unpaired) electrons. The summed E-state index contributed by atoms with van der Waals surface area (Å²) in [7, 11) is 1.14. The molecule has 0 aliphatic heterocycles. The fourth-order valence-corrected chi connectivity index (χ4v) is 4.16. The number of hydrogen-bond acceptors (Lipinski definition) is 7. The molecule has 0 saturated heterocycles. The topological polar surface area (TPSA) is 128 Å². The van der Waals surface area contributed by atoms with E-state index in [0.717, 1.165) is 36.5 Å². The van der Waals surface area contributed by atoms with Crippen LogP contribution in [0.4, 0.5) is 15.5 Å². The number of benzene rings is 1. The first-order valence-electron chi connectivity index (χ1n) is 8.00. The average molecular weight is 389 g/mol. The Hall–Kier alpha value is -3.27. The van der Waals surface area contributed by atoms with E-state index in [-0.39, 0.29) is 16.8 Å². The number of carbonyl (C=O) groups is 3.